The Morgan fingerprint density at radius 1 is 1.30 bits per heavy atom. The van der Waals surface area contributed by atoms with Crippen LogP contribution in [0.3, 0.4) is 0 Å². The van der Waals surface area contributed by atoms with Gasteiger partial charge in [0.15, 0.2) is 6.61 Å². The second-order valence-electron chi connectivity index (χ2n) is 5.65. The molecule has 4 nitrogen and oxygen atoms in total. The van der Waals surface area contributed by atoms with Crippen molar-refractivity contribution in [1.29, 1.82) is 0 Å². The molecule has 1 aromatic carbocycles. The second-order valence-corrected chi connectivity index (χ2v) is 5.65. The summed E-state index contributed by atoms with van der Waals surface area (Å²) in [6.07, 6.45) is 2.04. The lowest BCUT2D eigenvalue weighted by Gasteiger charge is -2.29. The highest BCUT2D eigenvalue weighted by atomic mass is 16.5. The molecule has 0 bridgehead atoms. The molecule has 1 aromatic rings. The van der Waals surface area contributed by atoms with Gasteiger partial charge < -0.3 is 15.0 Å². The first-order chi connectivity index (χ1) is 9.56. The van der Waals surface area contributed by atoms with Crippen molar-refractivity contribution < 1.29 is 9.53 Å². The van der Waals surface area contributed by atoms with Crippen LogP contribution in [0.1, 0.15) is 24.0 Å². The molecule has 0 unspecified atom stereocenters. The van der Waals surface area contributed by atoms with Gasteiger partial charge in [-0.2, -0.15) is 0 Å². The molecule has 1 aliphatic heterocycles. The SMILES string of the molecule is Cc1cccc(C)c1OCC(=O)NC1CCN(C)CC1. The molecule has 0 aromatic heterocycles. The highest BCUT2D eigenvalue weighted by molar-refractivity contribution is 5.78. The Balaban J connectivity index is 1.80. The summed E-state index contributed by atoms with van der Waals surface area (Å²) in [6, 6.07) is 6.28. The highest BCUT2D eigenvalue weighted by Gasteiger charge is 2.18. The van der Waals surface area contributed by atoms with Gasteiger partial charge in [0.05, 0.1) is 0 Å². The van der Waals surface area contributed by atoms with E-state index in [4.69, 9.17) is 4.74 Å². The van der Waals surface area contributed by atoms with Crippen molar-refractivity contribution >= 4 is 5.91 Å². The number of carbonyl (C=O) groups excluding carboxylic acids is 1. The normalized spacial score (nSPS) is 16.9. The van der Waals surface area contributed by atoms with Crippen LogP contribution in [0.25, 0.3) is 0 Å². The van der Waals surface area contributed by atoms with E-state index >= 15 is 0 Å². The van der Waals surface area contributed by atoms with Gasteiger partial charge in [-0.25, -0.2) is 0 Å². The number of amides is 1. The zero-order valence-corrected chi connectivity index (χ0v) is 12.6. The number of likely N-dealkylation sites (tertiary alicyclic amines) is 1. The number of benzene rings is 1. The van der Waals surface area contributed by atoms with Gasteiger partial charge in [-0.15, -0.1) is 0 Å². The second kappa shape index (κ2) is 6.75. The molecule has 1 fully saturated rings. The summed E-state index contributed by atoms with van der Waals surface area (Å²) in [7, 11) is 2.11. The molecule has 110 valence electrons. The summed E-state index contributed by atoms with van der Waals surface area (Å²) in [5.74, 6) is 0.799. The lowest BCUT2D eigenvalue weighted by molar-refractivity contribution is -0.124. The van der Waals surface area contributed by atoms with Crippen LogP contribution < -0.4 is 10.1 Å². The summed E-state index contributed by atoms with van der Waals surface area (Å²) in [5.41, 5.74) is 2.13. The minimum atomic E-state index is -0.0257. The number of ether oxygens (including phenoxy) is 1. The first-order valence-electron chi connectivity index (χ1n) is 7.23. The van der Waals surface area contributed by atoms with E-state index in [1.165, 1.54) is 0 Å². The molecule has 0 saturated carbocycles. The smallest absolute Gasteiger partial charge is 0.258 e. The largest absolute Gasteiger partial charge is 0.483 e. The zero-order chi connectivity index (χ0) is 14.5. The predicted octanol–water partition coefficient (Wildman–Crippen LogP) is 1.89. The molecule has 0 radical (unpaired) electrons. The van der Waals surface area contributed by atoms with Gasteiger partial charge in [-0.05, 0) is 58.0 Å². The van der Waals surface area contributed by atoms with Crippen molar-refractivity contribution in [2.24, 2.45) is 0 Å². The molecule has 20 heavy (non-hydrogen) atoms. The van der Waals surface area contributed by atoms with Gasteiger partial charge in [0, 0.05) is 6.04 Å². The van der Waals surface area contributed by atoms with E-state index in [-0.39, 0.29) is 12.5 Å². The fourth-order valence-electron chi connectivity index (χ4n) is 2.59. The maximum absolute atomic E-state index is 11.9. The van der Waals surface area contributed by atoms with Crippen molar-refractivity contribution in [3.8, 4) is 5.75 Å². The van der Waals surface area contributed by atoms with Gasteiger partial charge in [0.25, 0.3) is 5.91 Å². The summed E-state index contributed by atoms with van der Waals surface area (Å²) < 4.78 is 5.67. The number of rotatable bonds is 4. The van der Waals surface area contributed by atoms with E-state index in [0.29, 0.717) is 6.04 Å². The highest BCUT2D eigenvalue weighted by Crippen LogP contribution is 2.22. The number of para-hydroxylation sites is 1. The molecule has 0 spiro atoms. The van der Waals surface area contributed by atoms with Crippen molar-refractivity contribution in [3.05, 3.63) is 29.3 Å². The Kier molecular flexibility index (Phi) is 5.01. The van der Waals surface area contributed by atoms with Crippen LogP contribution in [-0.2, 0) is 4.79 Å². The maximum atomic E-state index is 11.9. The van der Waals surface area contributed by atoms with Crippen LogP contribution in [0.5, 0.6) is 5.75 Å². The number of carbonyl (C=O) groups is 1. The van der Waals surface area contributed by atoms with Crippen LogP contribution in [-0.4, -0.2) is 43.6 Å². The molecular weight excluding hydrogens is 252 g/mol. The van der Waals surface area contributed by atoms with Crippen LogP contribution >= 0.6 is 0 Å². The lowest BCUT2D eigenvalue weighted by atomic mass is 10.1. The minimum Gasteiger partial charge on any atom is -0.483 e. The average molecular weight is 276 g/mol. The van der Waals surface area contributed by atoms with Crippen molar-refractivity contribution in [3.63, 3.8) is 0 Å². The Morgan fingerprint density at radius 3 is 2.50 bits per heavy atom. The van der Waals surface area contributed by atoms with Gasteiger partial charge >= 0.3 is 0 Å². The number of hydrogen-bond acceptors (Lipinski definition) is 3. The van der Waals surface area contributed by atoms with Crippen molar-refractivity contribution in [2.75, 3.05) is 26.7 Å². The topological polar surface area (TPSA) is 41.6 Å². The first-order valence-corrected chi connectivity index (χ1v) is 7.23. The number of nitrogens with zero attached hydrogens (tertiary/aromatic N) is 1. The third-order valence-electron chi connectivity index (χ3n) is 3.84. The summed E-state index contributed by atoms with van der Waals surface area (Å²) in [4.78, 5) is 14.2. The molecule has 1 N–H and O–H groups in total. The molecule has 1 saturated heterocycles. The standard InChI is InChI=1S/C16H24N2O2/c1-12-5-4-6-13(2)16(12)20-11-15(19)17-14-7-9-18(3)10-8-14/h4-6,14H,7-11H2,1-3H3,(H,17,19). The van der Waals surface area contributed by atoms with E-state index in [1.807, 2.05) is 32.0 Å². The average Bonchev–Trinajstić information content (AvgIpc) is 2.41. The third kappa shape index (κ3) is 3.97. The molecule has 0 aliphatic carbocycles. The number of hydrogen-bond donors (Lipinski definition) is 1. The van der Waals surface area contributed by atoms with Gasteiger partial charge in [-0.3, -0.25) is 4.79 Å². The third-order valence-corrected chi connectivity index (χ3v) is 3.84. The predicted molar refractivity (Wildman–Crippen MR) is 80.1 cm³/mol. The molecule has 1 amide bonds. The zero-order valence-electron chi connectivity index (χ0n) is 12.6. The van der Waals surface area contributed by atoms with E-state index in [0.717, 1.165) is 42.8 Å². The number of nitrogens with one attached hydrogen (secondary N) is 1. The maximum Gasteiger partial charge on any atom is 0.258 e. The van der Waals surface area contributed by atoms with E-state index in [2.05, 4.69) is 17.3 Å². The molecule has 1 aliphatic rings. The van der Waals surface area contributed by atoms with Gasteiger partial charge in [0.1, 0.15) is 5.75 Å². The molecule has 0 atom stereocenters. The van der Waals surface area contributed by atoms with Gasteiger partial charge in [-0.1, -0.05) is 18.2 Å². The van der Waals surface area contributed by atoms with E-state index in [1.54, 1.807) is 0 Å². The fourth-order valence-corrected chi connectivity index (χ4v) is 2.59. The van der Waals surface area contributed by atoms with Crippen LogP contribution in [0.15, 0.2) is 18.2 Å². The first kappa shape index (κ1) is 14.9. The quantitative estimate of drug-likeness (QED) is 0.913. The van der Waals surface area contributed by atoms with Crippen LogP contribution in [0.4, 0.5) is 0 Å². The van der Waals surface area contributed by atoms with E-state index in [9.17, 15) is 4.79 Å². The summed E-state index contributed by atoms with van der Waals surface area (Å²) in [6.45, 7) is 6.18. The van der Waals surface area contributed by atoms with E-state index < -0.39 is 0 Å². The fraction of sp³-hybridized carbons (Fsp3) is 0.562. The monoisotopic (exact) mass is 276 g/mol. The summed E-state index contributed by atoms with van der Waals surface area (Å²) >= 11 is 0. The van der Waals surface area contributed by atoms with Gasteiger partial charge in [0.2, 0.25) is 0 Å². The number of aryl methyl sites for hydroxylation is 2. The Hall–Kier alpha value is -1.55. The molecule has 2 rings (SSSR count). The number of piperidine rings is 1. The Morgan fingerprint density at radius 2 is 1.90 bits per heavy atom. The minimum absolute atomic E-state index is 0.0257. The van der Waals surface area contributed by atoms with Crippen LogP contribution in [0.2, 0.25) is 0 Å². The Bertz CT molecular complexity index is 445. The lowest BCUT2D eigenvalue weighted by Crippen LogP contribution is -2.44. The Labute approximate surface area is 121 Å². The van der Waals surface area contributed by atoms with Crippen molar-refractivity contribution in [2.45, 2.75) is 32.7 Å². The summed E-state index contributed by atoms with van der Waals surface area (Å²) in [5, 5.41) is 3.06. The van der Waals surface area contributed by atoms with Crippen LogP contribution in [0, 0.1) is 13.8 Å². The molecular formula is C16H24N2O2. The molecule has 4 heteroatoms. The molecule has 1 heterocycles. The van der Waals surface area contributed by atoms with Crippen molar-refractivity contribution in [1.82, 2.24) is 10.2 Å².